The molecule has 0 unspecified atom stereocenters. The second kappa shape index (κ2) is 9.23. The van der Waals surface area contributed by atoms with Gasteiger partial charge in [0.05, 0.1) is 40.2 Å². The number of imide groups is 1. The topological polar surface area (TPSA) is 102 Å². The third kappa shape index (κ3) is 3.50. The maximum Gasteiger partial charge on any atom is 0.269 e. The zero-order chi connectivity index (χ0) is 28.3. The maximum atomic E-state index is 14.4. The number of carbonyl (C=O) groups excluding carboxylic acids is 2. The predicted octanol–water partition coefficient (Wildman–Crippen LogP) is 5.95. The maximum absolute atomic E-state index is 14.4. The van der Waals surface area contributed by atoms with Gasteiger partial charge in [0.15, 0.2) is 0 Å². The van der Waals surface area contributed by atoms with E-state index in [0.29, 0.717) is 23.7 Å². The number of nitro groups is 1. The molecule has 1 heterocycles. The van der Waals surface area contributed by atoms with Crippen LogP contribution in [-0.2, 0) is 15.0 Å². The number of anilines is 1. The lowest BCUT2D eigenvalue weighted by Gasteiger charge is -2.52. The standard InChI is InChI=1S/C33H25N3O5/c1-2-41-23-17-15-21(16-18-23)35-31(37)29-28-24-7-3-5-9-26(24)33(30(29)32(35)38,27-10-6-4-8-25(27)28)19-34-20-11-13-22(14-12-20)36(39)40/h3-19,28-30H,2H2,1H3/t28?,29-,30+,33?/m1/s1. The number of hydrogen-bond acceptors (Lipinski definition) is 6. The summed E-state index contributed by atoms with van der Waals surface area (Å²) in [7, 11) is 0. The third-order valence-electron chi connectivity index (χ3n) is 8.57. The lowest BCUT2D eigenvalue weighted by molar-refractivity contribution is -0.384. The molecule has 2 amide bonds. The van der Waals surface area contributed by atoms with E-state index in [4.69, 9.17) is 9.73 Å². The molecule has 8 rings (SSSR count). The summed E-state index contributed by atoms with van der Waals surface area (Å²) < 4.78 is 5.57. The van der Waals surface area contributed by atoms with Crippen LogP contribution in [0, 0.1) is 22.0 Å². The molecule has 4 aliphatic rings. The van der Waals surface area contributed by atoms with Crippen LogP contribution in [-0.4, -0.2) is 29.6 Å². The zero-order valence-electron chi connectivity index (χ0n) is 22.1. The van der Waals surface area contributed by atoms with Crippen molar-refractivity contribution >= 4 is 35.1 Å². The normalized spacial score (nSPS) is 23.8. The summed E-state index contributed by atoms with van der Waals surface area (Å²) in [6, 6.07) is 29.0. The van der Waals surface area contributed by atoms with Crippen molar-refractivity contribution in [2.45, 2.75) is 18.3 Å². The average Bonchev–Trinajstić information content (AvgIpc) is 3.27. The van der Waals surface area contributed by atoms with E-state index in [0.717, 1.165) is 22.3 Å². The van der Waals surface area contributed by atoms with Crippen molar-refractivity contribution in [3.05, 3.63) is 129 Å². The number of rotatable bonds is 6. The Kier molecular flexibility index (Phi) is 5.61. The molecule has 1 fully saturated rings. The molecule has 0 radical (unpaired) electrons. The molecule has 0 N–H and O–H groups in total. The van der Waals surface area contributed by atoms with Crippen LogP contribution in [0.5, 0.6) is 5.75 Å². The third-order valence-corrected chi connectivity index (χ3v) is 8.57. The van der Waals surface area contributed by atoms with Gasteiger partial charge in [0.25, 0.3) is 5.69 Å². The first-order valence-corrected chi connectivity index (χ1v) is 13.5. The molecule has 2 atom stereocenters. The molecule has 4 aromatic rings. The number of carbonyl (C=O) groups is 2. The van der Waals surface area contributed by atoms with Crippen LogP contribution in [0.1, 0.15) is 35.1 Å². The number of ether oxygens (including phenoxy) is 1. The molecule has 202 valence electrons. The highest BCUT2D eigenvalue weighted by Crippen LogP contribution is 2.63. The van der Waals surface area contributed by atoms with Crippen molar-refractivity contribution in [3.63, 3.8) is 0 Å². The number of hydrogen-bond donors (Lipinski definition) is 0. The molecule has 41 heavy (non-hydrogen) atoms. The summed E-state index contributed by atoms with van der Waals surface area (Å²) >= 11 is 0. The van der Waals surface area contributed by atoms with Crippen molar-refractivity contribution in [3.8, 4) is 5.75 Å². The highest BCUT2D eigenvalue weighted by atomic mass is 16.6. The van der Waals surface area contributed by atoms with Crippen LogP contribution >= 0.6 is 0 Å². The van der Waals surface area contributed by atoms with Crippen molar-refractivity contribution in [2.75, 3.05) is 11.5 Å². The van der Waals surface area contributed by atoms with Gasteiger partial charge in [0.1, 0.15) is 5.75 Å². The smallest absolute Gasteiger partial charge is 0.269 e. The molecule has 1 saturated heterocycles. The minimum absolute atomic E-state index is 0.0291. The molecule has 3 aliphatic carbocycles. The van der Waals surface area contributed by atoms with E-state index in [9.17, 15) is 19.7 Å². The molecule has 2 bridgehead atoms. The fraction of sp³-hybridized carbons (Fsp3) is 0.182. The van der Waals surface area contributed by atoms with E-state index in [2.05, 4.69) is 0 Å². The van der Waals surface area contributed by atoms with Gasteiger partial charge in [0.2, 0.25) is 11.8 Å². The van der Waals surface area contributed by atoms with Gasteiger partial charge in [0, 0.05) is 24.3 Å². The summed E-state index contributed by atoms with van der Waals surface area (Å²) in [5.41, 5.74) is 3.90. The summed E-state index contributed by atoms with van der Waals surface area (Å²) in [4.78, 5) is 45.5. The highest BCUT2D eigenvalue weighted by Gasteiger charge is 2.67. The number of nitro benzene ring substituents is 1. The molecule has 4 aromatic carbocycles. The number of nitrogens with zero attached hydrogens (tertiary/aromatic N) is 3. The van der Waals surface area contributed by atoms with Gasteiger partial charge in [-0.1, -0.05) is 48.5 Å². The van der Waals surface area contributed by atoms with Crippen molar-refractivity contribution in [2.24, 2.45) is 16.8 Å². The Hall–Kier alpha value is -5.11. The number of non-ortho nitro benzene ring substituents is 1. The Labute approximate surface area is 236 Å². The Morgan fingerprint density at radius 1 is 0.878 bits per heavy atom. The number of amides is 2. The average molecular weight is 544 g/mol. The van der Waals surface area contributed by atoms with Gasteiger partial charge >= 0.3 is 0 Å². The fourth-order valence-corrected chi connectivity index (χ4v) is 7.00. The van der Waals surface area contributed by atoms with Gasteiger partial charge in [-0.2, -0.15) is 0 Å². The molecule has 0 aromatic heterocycles. The lowest BCUT2D eigenvalue weighted by atomic mass is 9.47. The van der Waals surface area contributed by atoms with Crippen LogP contribution in [0.2, 0.25) is 0 Å². The molecule has 0 spiro atoms. The Balaban J connectivity index is 1.42. The van der Waals surface area contributed by atoms with E-state index in [1.807, 2.05) is 55.5 Å². The Bertz CT molecular complexity index is 1700. The van der Waals surface area contributed by atoms with Crippen molar-refractivity contribution < 1.29 is 19.2 Å². The first-order chi connectivity index (χ1) is 20.0. The molecule has 1 aliphatic heterocycles. The van der Waals surface area contributed by atoms with E-state index in [1.54, 1.807) is 42.6 Å². The lowest BCUT2D eigenvalue weighted by Crippen LogP contribution is -2.54. The Morgan fingerprint density at radius 2 is 1.49 bits per heavy atom. The first kappa shape index (κ1) is 24.9. The molecule has 0 saturated carbocycles. The largest absolute Gasteiger partial charge is 0.494 e. The number of benzene rings is 4. The second-order valence-electron chi connectivity index (χ2n) is 10.5. The molecular weight excluding hydrogens is 518 g/mol. The Morgan fingerprint density at radius 3 is 2.07 bits per heavy atom. The number of aliphatic imine (C=N–C) groups is 1. The minimum Gasteiger partial charge on any atom is -0.494 e. The van der Waals surface area contributed by atoms with Crippen molar-refractivity contribution in [1.82, 2.24) is 0 Å². The van der Waals surface area contributed by atoms with Gasteiger partial charge in [-0.25, -0.2) is 4.90 Å². The quantitative estimate of drug-likeness (QED) is 0.130. The summed E-state index contributed by atoms with van der Waals surface area (Å²) in [6.45, 7) is 2.41. The van der Waals surface area contributed by atoms with E-state index in [-0.39, 0.29) is 23.4 Å². The summed E-state index contributed by atoms with van der Waals surface area (Å²) in [6.07, 6.45) is 1.78. The van der Waals surface area contributed by atoms with Gasteiger partial charge < -0.3 is 4.74 Å². The van der Waals surface area contributed by atoms with Crippen LogP contribution in [0.25, 0.3) is 0 Å². The highest BCUT2D eigenvalue weighted by molar-refractivity contribution is 6.25. The molecule has 8 heteroatoms. The first-order valence-electron chi connectivity index (χ1n) is 13.5. The van der Waals surface area contributed by atoms with Gasteiger partial charge in [-0.15, -0.1) is 0 Å². The van der Waals surface area contributed by atoms with Crippen LogP contribution < -0.4 is 9.64 Å². The summed E-state index contributed by atoms with van der Waals surface area (Å²) in [5, 5.41) is 11.2. The van der Waals surface area contributed by atoms with Gasteiger partial charge in [-0.3, -0.25) is 24.7 Å². The van der Waals surface area contributed by atoms with E-state index >= 15 is 0 Å². The van der Waals surface area contributed by atoms with Crippen molar-refractivity contribution in [1.29, 1.82) is 0 Å². The van der Waals surface area contributed by atoms with E-state index < -0.39 is 22.2 Å². The minimum atomic E-state index is -1.01. The monoisotopic (exact) mass is 543 g/mol. The molecular formula is C33H25N3O5. The fourth-order valence-electron chi connectivity index (χ4n) is 7.00. The van der Waals surface area contributed by atoms with Crippen LogP contribution in [0.4, 0.5) is 17.1 Å². The second-order valence-corrected chi connectivity index (χ2v) is 10.5. The zero-order valence-corrected chi connectivity index (χ0v) is 22.1. The summed E-state index contributed by atoms with van der Waals surface area (Å²) in [5.74, 6) is -1.43. The predicted molar refractivity (Wildman–Crippen MR) is 154 cm³/mol. The van der Waals surface area contributed by atoms with Crippen LogP contribution in [0.15, 0.2) is 102 Å². The van der Waals surface area contributed by atoms with E-state index in [1.165, 1.54) is 17.0 Å². The van der Waals surface area contributed by atoms with Crippen LogP contribution in [0.3, 0.4) is 0 Å². The SMILES string of the molecule is CCOc1ccc(N2C(=O)[C@@H]3C4c5ccccc5C(C=Nc5ccc([N+](=O)[O-])cc5)(c5ccccc54)[C@@H]3C2=O)cc1. The van der Waals surface area contributed by atoms with Gasteiger partial charge in [-0.05, 0) is 65.6 Å². The molecule has 8 nitrogen and oxygen atoms in total.